The highest BCUT2D eigenvalue weighted by atomic mass is 16.5. The Labute approximate surface area is 277 Å². The van der Waals surface area contributed by atoms with Gasteiger partial charge in [-0.05, 0) is 115 Å². The zero-order chi connectivity index (χ0) is 32.3. The summed E-state index contributed by atoms with van der Waals surface area (Å²) in [6.07, 6.45) is 12.1. The minimum Gasteiger partial charge on any atom is -0.456 e. The quantitative estimate of drug-likeness (QED) is 0.219. The van der Waals surface area contributed by atoms with Crippen LogP contribution < -0.4 is 26.6 Å². The second-order valence-electron chi connectivity index (χ2n) is 16.0. The molecule has 2 aliphatic heterocycles. The molecule has 5 unspecified atom stereocenters. The van der Waals surface area contributed by atoms with Crippen molar-refractivity contribution in [3.8, 4) is 0 Å². The van der Waals surface area contributed by atoms with Crippen molar-refractivity contribution in [1.82, 2.24) is 26.6 Å². The lowest BCUT2D eigenvalue weighted by Gasteiger charge is -2.42. The zero-order valence-electron chi connectivity index (χ0n) is 29.0. The van der Waals surface area contributed by atoms with E-state index in [0.717, 1.165) is 44.8 Å². The molecular formula is C38H59N5O3. The molecule has 3 heterocycles. The van der Waals surface area contributed by atoms with Crippen LogP contribution in [-0.2, 0) is 22.0 Å². The summed E-state index contributed by atoms with van der Waals surface area (Å²) in [6.45, 7) is 16.2. The normalized spacial score (nSPS) is 28.9. The van der Waals surface area contributed by atoms with Gasteiger partial charge in [0, 0.05) is 39.2 Å². The van der Waals surface area contributed by atoms with Crippen LogP contribution >= 0.6 is 0 Å². The lowest BCUT2D eigenvalue weighted by atomic mass is 9.62. The van der Waals surface area contributed by atoms with Crippen molar-refractivity contribution >= 4 is 5.91 Å². The Hall–Kier alpha value is -2.23. The average molecular weight is 634 g/mol. The minimum atomic E-state index is -0.103. The van der Waals surface area contributed by atoms with E-state index in [9.17, 15) is 4.79 Å². The van der Waals surface area contributed by atoms with Gasteiger partial charge in [0.1, 0.15) is 12.0 Å². The molecule has 8 nitrogen and oxygen atoms in total. The number of amides is 1. The fraction of sp³-hybridized carbons (Fsp3) is 0.711. The third-order valence-corrected chi connectivity index (χ3v) is 11.4. The van der Waals surface area contributed by atoms with Gasteiger partial charge in [0.25, 0.3) is 5.91 Å². The largest absolute Gasteiger partial charge is 0.456 e. The third kappa shape index (κ3) is 8.24. The summed E-state index contributed by atoms with van der Waals surface area (Å²) in [6, 6.07) is 8.62. The number of aryl methyl sites for hydroxylation is 1. The molecule has 1 saturated carbocycles. The number of benzene rings is 1. The van der Waals surface area contributed by atoms with E-state index in [1.165, 1.54) is 67.2 Å². The molecular weight excluding hydrogens is 574 g/mol. The Bertz CT molecular complexity index is 1330. The first kappa shape index (κ1) is 33.7. The molecule has 6 rings (SSSR count). The fourth-order valence-corrected chi connectivity index (χ4v) is 8.21. The number of nitrogens with one attached hydrogen (secondary N) is 5. The third-order valence-electron chi connectivity index (χ3n) is 11.4. The molecule has 254 valence electrons. The van der Waals surface area contributed by atoms with E-state index in [1.54, 1.807) is 0 Å². The van der Waals surface area contributed by atoms with Crippen LogP contribution in [0, 0.1) is 18.8 Å². The lowest BCUT2D eigenvalue weighted by molar-refractivity contribution is 0.0909. The van der Waals surface area contributed by atoms with Crippen LogP contribution in [0.25, 0.3) is 0 Å². The van der Waals surface area contributed by atoms with Crippen molar-refractivity contribution in [3.63, 3.8) is 0 Å². The number of ether oxygens (including phenoxy) is 1. The van der Waals surface area contributed by atoms with Crippen molar-refractivity contribution < 1.29 is 13.9 Å². The smallest absolute Gasteiger partial charge is 0.287 e. The van der Waals surface area contributed by atoms with Gasteiger partial charge in [0.2, 0.25) is 0 Å². The molecule has 46 heavy (non-hydrogen) atoms. The first-order chi connectivity index (χ1) is 22.1. The van der Waals surface area contributed by atoms with Crippen LogP contribution in [0.15, 0.2) is 28.7 Å². The number of carbonyl (C=O) groups excluding carboxylic acids is 1. The topological polar surface area (TPSA) is 99.6 Å². The summed E-state index contributed by atoms with van der Waals surface area (Å²) >= 11 is 0. The Morgan fingerprint density at radius 1 is 0.913 bits per heavy atom. The number of hydrogen-bond acceptors (Lipinski definition) is 7. The number of furan rings is 1. The molecule has 2 saturated heterocycles. The van der Waals surface area contributed by atoms with Gasteiger partial charge < -0.3 is 14.5 Å². The van der Waals surface area contributed by atoms with E-state index in [4.69, 9.17) is 9.15 Å². The van der Waals surface area contributed by atoms with E-state index in [2.05, 4.69) is 73.3 Å². The Morgan fingerprint density at radius 2 is 1.67 bits per heavy atom. The molecule has 1 aromatic heterocycles. The number of rotatable bonds is 11. The van der Waals surface area contributed by atoms with E-state index in [-0.39, 0.29) is 23.0 Å². The highest BCUT2D eigenvalue weighted by molar-refractivity contribution is 5.91. The van der Waals surface area contributed by atoms with Crippen molar-refractivity contribution in [3.05, 3.63) is 58.0 Å². The molecule has 1 amide bonds. The van der Waals surface area contributed by atoms with Gasteiger partial charge in [0.05, 0.1) is 12.3 Å². The van der Waals surface area contributed by atoms with Crippen LogP contribution in [0.2, 0.25) is 0 Å². The van der Waals surface area contributed by atoms with Gasteiger partial charge in [0.15, 0.2) is 5.76 Å². The standard InChI is InChI=1S/C38H59N5O3/c1-25-18-31-32(38(4,5)15-14-37(31,2)3)21-28(25)20-29-11-12-33(46-29)35(44)41-22-26-8-6-9-27(19-26)23-42-36-39-16-13-34(43-36)40-24-30-10-7-17-45-30/h11-12,18,21,26-27,30,34,36,39-40,42-43H,6-10,13-17,19-20,22-24H2,1-5H3,(H,41,44). The molecule has 5 N–H and O–H groups in total. The molecule has 3 fully saturated rings. The highest BCUT2D eigenvalue weighted by Crippen LogP contribution is 2.46. The molecule has 5 atom stereocenters. The van der Waals surface area contributed by atoms with Gasteiger partial charge in [-0.2, -0.15) is 0 Å². The molecule has 2 aliphatic carbocycles. The molecule has 2 aromatic rings. The number of carbonyl (C=O) groups is 1. The summed E-state index contributed by atoms with van der Waals surface area (Å²) in [5.41, 5.74) is 5.91. The van der Waals surface area contributed by atoms with Gasteiger partial charge in [-0.1, -0.05) is 46.2 Å². The lowest BCUT2D eigenvalue weighted by Crippen LogP contribution is -2.65. The summed E-state index contributed by atoms with van der Waals surface area (Å²) in [5.74, 6) is 2.27. The summed E-state index contributed by atoms with van der Waals surface area (Å²) in [7, 11) is 0. The SMILES string of the molecule is Cc1cc2c(cc1Cc1ccc(C(=O)NCC3CCCC(CNC4NCCC(NCC5CCCO5)N4)C3)o1)C(C)(C)CCC2(C)C. The van der Waals surface area contributed by atoms with E-state index >= 15 is 0 Å². The molecule has 8 heteroatoms. The zero-order valence-corrected chi connectivity index (χ0v) is 29.0. The van der Waals surface area contributed by atoms with Crippen LogP contribution in [0.3, 0.4) is 0 Å². The molecule has 4 aliphatic rings. The summed E-state index contributed by atoms with van der Waals surface area (Å²) in [5, 5.41) is 17.8. The van der Waals surface area contributed by atoms with Crippen LogP contribution in [-0.4, -0.2) is 57.3 Å². The second kappa shape index (κ2) is 14.5. The van der Waals surface area contributed by atoms with E-state index in [0.29, 0.717) is 42.8 Å². The van der Waals surface area contributed by atoms with Crippen molar-refractivity contribution in [2.75, 3.05) is 32.8 Å². The maximum absolute atomic E-state index is 13.1. The number of hydrogen-bond donors (Lipinski definition) is 5. The van der Waals surface area contributed by atoms with Crippen LogP contribution in [0.4, 0.5) is 0 Å². The van der Waals surface area contributed by atoms with Gasteiger partial charge >= 0.3 is 0 Å². The van der Waals surface area contributed by atoms with Crippen molar-refractivity contribution in [2.24, 2.45) is 11.8 Å². The molecule has 0 radical (unpaired) electrons. The molecule has 0 spiro atoms. The van der Waals surface area contributed by atoms with Gasteiger partial charge in [-0.25, -0.2) is 0 Å². The van der Waals surface area contributed by atoms with Crippen molar-refractivity contribution in [1.29, 1.82) is 0 Å². The highest BCUT2D eigenvalue weighted by Gasteiger charge is 2.37. The predicted octanol–water partition coefficient (Wildman–Crippen LogP) is 5.61. The predicted molar refractivity (Wildman–Crippen MR) is 184 cm³/mol. The maximum atomic E-state index is 13.1. The summed E-state index contributed by atoms with van der Waals surface area (Å²) < 4.78 is 11.9. The van der Waals surface area contributed by atoms with Crippen LogP contribution in [0.1, 0.15) is 124 Å². The maximum Gasteiger partial charge on any atom is 0.287 e. The Balaban J connectivity index is 0.953. The molecule has 1 aromatic carbocycles. The van der Waals surface area contributed by atoms with Crippen molar-refractivity contribution in [2.45, 2.75) is 128 Å². The van der Waals surface area contributed by atoms with Gasteiger partial charge in [-0.3, -0.25) is 26.1 Å². The van der Waals surface area contributed by atoms with Crippen LogP contribution in [0.5, 0.6) is 0 Å². The Kier molecular flexibility index (Phi) is 10.6. The first-order valence-corrected chi connectivity index (χ1v) is 18.1. The minimum absolute atomic E-state index is 0.103. The Morgan fingerprint density at radius 3 is 2.43 bits per heavy atom. The monoisotopic (exact) mass is 633 g/mol. The fourth-order valence-electron chi connectivity index (χ4n) is 8.21. The van der Waals surface area contributed by atoms with E-state index < -0.39 is 0 Å². The second-order valence-corrected chi connectivity index (χ2v) is 16.0. The average Bonchev–Trinajstić information content (AvgIpc) is 3.74. The van der Waals surface area contributed by atoms with Gasteiger partial charge in [-0.15, -0.1) is 0 Å². The van der Waals surface area contributed by atoms with E-state index in [1.807, 2.05) is 12.1 Å². The number of fused-ring (bicyclic) bond motifs is 1. The molecule has 0 bridgehead atoms. The summed E-state index contributed by atoms with van der Waals surface area (Å²) in [4.78, 5) is 13.1. The first-order valence-electron chi connectivity index (χ1n) is 18.1.